The molecular weight excluding hydrogens is 512 g/mol. The van der Waals surface area contributed by atoms with Gasteiger partial charge in [-0.2, -0.15) is 5.10 Å². The Morgan fingerprint density at radius 1 is 1.12 bits per heavy atom. The topological polar surface area (TPSA) is 138 Å². The van der Waals surface area contributed by atoms with E-state index in [0.29, 0.717) is 25.0 Å². The monoisotopic (exact) mass is 546 g/mol. The van der Waals surface area contributed by atoms with E-state index in [1.807, 2.05) is 28.7 Å². The number of aromatic hydroxyl groups is 1. The number of phenols is 1. The standard InChI is InChI=1S/C23H28N4O3.C7H6O3/c1-15-5-6-20-18(13-17(15)23(29)26-9-3-2-4-10-26)21-19(22(28)25-20)14-24-27(21)16-7-11-30-12-8-16;8-6-3-1-2-5(4-6)7(9)10/h6,13-14,16H,2-5,7-12H2,1H3,(H,25,28);1-4,8H,(H,9,10). The number of nitrogens with zero attached hydrogens (tertiary/aromatic N) is 3. The highest BCUT2D eigenvalue weighted by Crippen LogP contribution is 2.23. The number of likely N-dealkylation sites (tertiary alicyclic amines) is 1. The van der Waals surface area contributed by atoms with Gasteiger partial charge in [0.25, 0.3) is 11.5 Å². The summed E-state index contributed by atoms with van der Waals surface area (Å²) in [4.78, 5) is 41.3. The molecule has 3 aliphatic rings. The number of rotatable bonds is 3. The second kappa shape index (κ2) is 11.9. The van der Waals surface area contributed by atoms with E-state index < -0.39 is 5.97 Å². The quantitative estimate of drug-likeness (QED) is 0.459. The Balaban J connectivity index is 0.000000274. The van der Waals surface area contributed by atoms with Crippen LogP contribution in [-0.4, -0.2) is 68.1 Å². The number of amides is 1. The first kappa shape index (κ1) is 27.4. The third-order valence-corrected chi connectivity index (χ3v) is 7.70. The normalized spacial score (nSPS) is 17.7. The fourth-order valence-corrected chi connectivity index (χ4v) is 5.48. The lowest BCUT2D eigenvalue weighted by atomic mass is 10.0. The van der Waals surface area contributed by atoms with Gasteiger partial charge in [-0.15, -0.1) is 0 Å². The minimum Gasteiger partial charge on any atom is -0.508 e. The van der Waals surface area contributed by atoms with Crippen molar-refractivity contribution < 1.29 is 24.5 Å². The number of carboxylic acid groups (broad SMARTS) is 1. The van der Waals surface area contributed by atoms with Gasteiger partial charge in [-0.3, -0.25) is 14.3 Å². The maximum absolute atomic E-state index is 13.4. The number of H-pyrrole nitrogens is 1. The zero-order valence-electron chi connectivity index (χ0n) is 22.6. The number of aromatic amines is 1. The molecule has 10 heteroatoms. The van der Waals surface area contributed by atoms with Crippen molar-refractivity contribution in [2.75, 3.05) is 26.3 Å². The molecule has 3 N–H and O–H groups in total. The Hall–Kier alpha value is -4.18. The first-order chi connectivity index (χ1) is 19.3. The number of aromatic carboxylic acids is 1. The first-order valence-electron chi connectivity index (χ1n) is 13.7. The number of aromatic nitrogens is 3. The van der Waals surface area contributed by atoms with Gasteiger partial charge in [0.1, 0.15) is 5.75 Å². The van der Waals surface area contributed by atoms with Crippen LogP contribution in [0.1, 0.15) is 61.8 Å². The molecule has 2 saturated heterocycles. The molecule has 1 amide bonds. The van der Waals surface area contributed by atoms with Gasteiger partial charge in [-0.25, -0.2) is 4.79 Å². The summed E-state index contributed by atoms with van der Waals surface area (Å²) in [7, 11) is 0. The van der Waals surface area contributed by atoms with Crippen LogP contribution >= 0.6 is 0 Å². The van der Waals surface area contributed by atoms with Crippen LogP contribution in [0.25, 0.3) is 23.1 Å². The molecule has 1 aromatic carbocycles. The molecule has 2 aromatic heterocycles. The third-order valence-electron chi connectivity index (χ3n) is 7.70. The zero-order valence-corrected chi connectivity index (χ0v) is 22.6. The molecule has 0 bridgehead atoms. The van der Waals surface area contributed by atoms with Crippen LogP contribution in [0.15, 0.2) is 46.4 Å². The molecule has 4 heterocycles. The molecule has 0 radical (unpaired) electrons. The zero-order chi connectivity index (χ0) is 28.2. The summed E-state index contributed by atoms with van der Waals surface area (Å²) in [6.45, 7) is 5.05. The molecular formula is C30H34N4O6. The van der Waals surface area contributed by atoms with E-state index in [4.69, 9.17) is 14.9 Å². The molecule has 40 heavy (non-hydrogen) atoms. The van der Waals surface area contributed by atoms with Crippen LogP contribution < -0.4 is 16.1 Å². The van der Waals surface area contributed by atoms with Crippen molar-refractivity contribution in [3.8, 4) is 5.75 Å². The molecule has 6 rings (SSSR count). The number of pyridine rings is 1. The number of carbonyl (C=O) groups excluding carboxylic acids is 1. The fraction of sp³-hybridized carbons (Fsp3) is 0.400. The van der Waals surface area contributed by atoms with Crippen LogP contribution in [0.2, 0.25) is 0 Å². The van der Waals surface area contributed by atoms with E-state index in [2.05, 4.69) is 10.1 Å². The van der Waals surface area contributed by atoms with Gasteiger partial charge in [-0.1, -0.05) is 17.7 Å². The maximum Gasteiger partial charge on any atom is 0.335 e. The van der Waals surface area contributed by atoms with Gasteiger partial charge >= 0.3 is 5.97 Å². The number of hydrogen-bond acceptors (Lipinski definition) is 6. The number of fused-ring (bicyclic) bond motifs is 3. The number of ether oxygens (including phenoxy) is 1. The molecule has 10 nitrogen and oxygen atoms in total. The number of allylic oxidation sites excluding steroid dienone is 1. The minimum absolute atomic E-state index is 0.0279. The molecule has 2 fully saturated rings. The molecule has 0 saturated carbocycles. The van der Waals surface area contributed by atoms with Gasteiger partial charge in [0.05, 0.1) is 28.7 Å². The number of nitrogens with one attached hydrogen (secondary N) is 1. The SMILES string of the molecule is CC1=C(C(=O)N2CCCCC2)C=c2c([nH]c(=O)c3cnn(C4CCOCC4)c23)=CC1.O=C(O)c1cccc(O)c1. The Morgan fingerprint density at radius 2 is 1.88 bits per heavy atom. The van der Waals surface area contributed by atoms with Crippen LogP contribution in [0.5, 0.6) is 5.75 Å². The minimum atomic E-state index is -1.03. The maximum atomic E-state index is 13.4. The Morgan fingerprint density at radius 3 is 2.55 bits per heavy atom. The van der Waals surface area contributed by atoms with Gasteiger partial charge in [0, 0.05) is 42.4 Å². The lowest BCUT2D eigenvalue weighted by Gasteiger charge is -2.27. The number of piperidine rings is 1. The molecule has 210 valence electrons. The highest BCUT2D eigenvalue weighted by atomic mass is 16.5. The summed E-state index contributed by atoms with van der Waals surface area (Å²) in [6, 6.07) is 5.72. The van der Waals surface area contributed by atoms with Crippen molar-refractivity contribution in [3.63, 3.8) is 0 Å². The highest BCUT2D eigenvalue weighted by Gasteiger charge is 2.24. The summed E-state index contributed by atoms with van der Waals surface area (Å²) >= 11 is 0. The van der Waals surface area contributed by atoms with Gasteiger partial charge in [0.15, 0.2) is 0 Å². The summed E-state index contributed by atoms with van der Waals surface area (Å²) in [5.41, 5.74) is 2.58. The van der Waals surface area contributed by atoms with Crippen molar-refractivity contribution in [2.24, 2.45) is 0 Å². The van der Waals surface area contributed by atoms with Gasteiger partial charge in [-0.05, 0) is 69.7 Å². The van der Waals surface area contributed by atoms with Crippen LogP contribution in [0, 0.1) is 0 Å². The number of hydrogen-bond donors (Lipinski definition) is 3. The van der Waals surface area contributed by atoms with Crippen molar-refractivity contribution in [3.05, 3.63) is 68.1 Å². The average Bonchev–Trinajstić information content (AvgIpc) is 3.36. The van der Waals surface area contributed by atoms with E-state index in [1.165, 1.54) is 30.7 Å². The van der Waals surface area contributed by atoms with Gasteiger partial charge in [0.2, 0.25) is 0 Å². The lowest BCUT2D eigenvalue weighted by molar-refractivity contribution is -0.127. The summed E-state index contributed by atoms with van der Waals surface area (Å²) < 4.78 is 7.50. The number of benzene rings is 1. The second-order valence-electron chi connectivity index (χ2n) is 10.4. The summed E-state index contributed by atoms with van der Waals surface area (Å²) in [5, 5.41) is 24.0. The smallest absolute Gasteiger partial charge is 0.335 e. The summed E-state index contributed by atoms with van der Waals surface area (Å²) in [6.07, 6.45) is 11.4. The van der Waals surface area contributed by atoms with E-state index in [-0.39, 0.29) is 28.8 Å². The van der Waals surface area contributed by atoms with E-state index in [1.54, 1.807) is 6.20 Å². The third kappa shape index (κ3) is 5.72. The molecule has 0 spiro atoms. The van der Waals surface area contributed by atoms with Crippen molar-refractivity contribution in [1.29, 1.82) is 0 Å². The van der Waals surface area contributed by atoms with Crippen LogP contribution in [0.4, 0.5) is 0 Å². The Labute approximate surface area is 230 Å². The fourth-order valence-electron chi connectivity index (χ4n) is 5.48. The number of carboxylic acids is 1. The molecule has 3 aromatic rings. The Bertz CT molecular complexity index is 1640. The first-order valence-corrected chi connectivity index (χ1v) is 13.7. The number of phenolic OH excluding ortho intramolecular Hbond substituents is 1. The van der Waals surface area contributed by atoms with E-state index in [9.17, 15) is 14.4 Å². The molecule has 2 aliphatic heterocycles. The molecule has 0 unspecified atom stereocenters. The van der Waals surface area contributed by atoms with Crippen molar-refractivity contribution in [1.82, 2.24) is 19.7 Å². The average molecular weight is 547 g/mol. The van der Waals surface area contributed by atoms with Crippen molar-refractivity contribution >= 4 is 34.9 Å². The van der Waals surface area contributed by atoms with E-state index in [0.717, 1.165) is 66.0 Å². The largest absolute Gasteiger partial charge is 0.508 e. The highest BCUT2D eigenvalue weighted by molar-refractivity contribution is 6.03. The van der Waals surface area contributed by atoms with Gasteiger partial charge < -0.3 is 24.8 Å². The van der Waals surface area contributed by atoms with Crippen LogP contribution in [0.3, 0.4) is 0 Å². The second-order valence-corrected chi connectivity index (χ2v) is 10.4. The lowest BCUT2D eigenvalue weighted by Crippen LogP contribution is -2.39. The van der Waals surface area contributed by atoms with E-state index >= 15 is 0 Å². The molecule has 1 aliphatic carbocycles. The predicted molar refractivity (Wildman–Crippen MR) is 150 cm³/mol. The van der Waals surface area contributed by atoms with Crippen LogP contribution in [-0.2, 0) is 9.53 Å². The Kier molecular flexibility index (Phi) is 8.16. The molecule has 0 atom stereocenters. The van der Waals surface area contributed by atoms with Crippen molar-refractivity contribution in [2.45, 2.75) is 51.5 Å². The number of carbonyl (C=O) groups is 2. The predicted octanol–water partition coefficient (Wildman–Crippen LogP) is 2.46. The summed E-state index contributed by atoms with van der Waals surface area (Å²) in [5.74, 6) is -0.958.